The zero-order valence-corrected chi connectivity index (χ0v) is 17.9. The molecular formula is C26H27NO4. The standard InChI is InChI=1S/C26H27NO4/c1-3-29-26(20-11-9-18(2)10-12-20)21-16-23-24(31-14-13-30-23)17-22(21)27-25(28)15-19-7-5-4-6-8-19/h4-12,16-17,26H,3,13-15H2,1-2H3,(H,27,28). The highest BCUT2D eigenvalue weighted by Crippen LogP contribution is 2.41. The highest BCUT2D eigenvalue weighted by molar-refractivity contribution is 5.93. The number of fused-ring (bicyclic) bond motifs is 1. The highest BCUT2D eigenvalue weighted by atomic mass is 16.6. The SMILES string of the molecule is CCOC(c1ccc(C)cc1)c1cc2c(cc1NC(=O)Cc1ccccc1)OCCO2. The van der Waals surface area contributed by atoms with Gasteiger partial charge in [0, 0.05) is 18.2 Å². The normalized spacial score (nSPS) is 13.5. The van der Waals surface area contributed by atoms with Gasteiger partial charge in [0.15, 0.2) is 11.5 Å². The molecule has 4 rings (SSSR count). The molecule has 5 heteroatoms. The van der Waals surface area contributed by atoms with Gasteiger partial charge < -0.3 is 19.5 Å². The molecule has 1 aliphatic heterocycles. The van der Waals surface area contributed by atoms with Crippen LogP contribution in [0.2, 0.25) is 0 Å². The monoisotopic (exact) mass is 417 g/mol. The summed E-state index contributed by atoms with van der Waals surface area (Å²) in [5.41, 5.74) is 4.67. The summed E-state index contributed by atoms with van der Waals surface area (Å²) in [5.74, 6) is 1.20. The van der Waals surface area contributed by atoms with E-state index in [1.165, 1.54) is 5.56 Å². The number of carbonyl (C=O) groups is 1. The number of aryl methyl sites for hydroxylation is 1. The Balaban J connectivity index is 1.70. The third kappa shape index (κ3) is 5.06. The lowest BCUT2D eigenvalue weighted by molar-refractivity contribution is -0.115. The molecule has 1 amide bonds. The Labute approximate surface area is 183 Å². The van der Waals surface area contributed by atoms with E-state index in [1.54, 1.807) is 0 Å². The fraction of sp³-hybridized carbons (Fsp3) is 0.269. The molecule has 5 nitrogen and oxygen atoms in total. The van der Waals surface area contributed by atoms with Gasteiger partial charge in [-0.1, -0.05) is 60.2 Å². The summed E-state index contributed by atoms with van der Waals surface area (Å²) >= 11 is 0. The largest absolute Gasteiger partial charge is 0.486 e. The number of hydrogen-bond acceptors (Lipinski definition) is 4. The van der Waals surface area contributed by atoms with Gasteiger partial charge in [-0.25, -0.2) is 0 Å². The van der Waals surface area contributed by atoms with Crippen molar-refractivity contribution in [2.24, 2.45) is 0 Å². The summed E-state index contributed by atoms with van der Waals surface area (Å²) in [7, 11) is 0. The van der Waals surface area contributed by atoms with Crippen LogP contribution in [0.4, 0.5) is 5.69 Å². The average Bonchev–Trinajstić information content (AvgIpc) is 2.78. The van der Waals surface area contributed by atoms with Crippen LogP contribution in [0.15, 0.2) is 66.7 Å². The van der Waals surface area contributed by atoms with E-state index in [0.717, 1.165) is 16.7 Å². The van der Waals surface area contributed by atoms with E-state index in [4.69, 9.17) is 14.2 Å². The average molecular weight is 418 g/mol. The minimum atomic E-state index is -0.339. The van der Waals surface area contributed by atoms with Crippen molar-refractivity contribution in [3.05, 3.63) is 89.0 Å². The van der Waals surface area contributed by atoms with Crippen molar-refractivity contribution in [1.29, 1.82) is 0 Å². The van der Waals surface area contributed by atoms with Crippen molar-refractivity contribution in [3.8, 4) is 11.5 Å². The van der Waals surface area contributed by atoms with Crippen LogP contribution in [0.1, 0.15) is 35.3 Å². The van der Waals surface area contributed by atoms with Crippen LogP contribution in [-0.4, -0.2) is 25.7 Å². The number of rotatable bonds is 7. The summed E-state index contributed by atoms with van der Waals surface area (Å²) in [5, 5.41) is 3.07. The number of anilines is 1. The molecule has 3 aromatic carbocycles. The van der Waals surface area contributed by atoms with Crippen molar-refractivity contribution >= 4 is 11.6 Å². The maximum absolute atomic E-state index is 12.8. The summed E-state index contributed by atoms with van der Waals surface area (Å²) in [6.45, 7) is 5.53. The lowest BCUT2D eigenvalue weighted by Crippen LogP contribution is -2.20. The number of carbonyl (C=O) groups excluding carboxylic acids is 1. The summed E-state index contributed by atoms with van der Waals surface area (Å²) in [6.07, 6.45) is -0.0492. The summed E-state index contributed by atoms with van der Waals surface area (Å²) in [6, 6.07) is 21.7. The van der Waals surface area contributed by atoms with Crippen LogP contribution in [-0.2, 0) is 16.0 Å². The molecule has 1 heterocycles. The Morgan fingerprint density at radius 1 is 1.00 bits per heavy atom. The van der Waals surface area contributed by atoms with Gasteiger partial charge in [0.1, 0.15) is 19.3 Å². The van der Waals surface area contributed by atoms with Gasteiger partial charge in [-0.3, -0.25) is 4.79 Å². The molecule has 160 valence electrons. The van der Waals surface area contributed by atoms with Crippen LogP contribution >= 0.6 is 0 Å². The van der Waals surface area contributed by atoms with Crippen LogP contribution in [0, 0.1) is 6.92 Å². The van der Waals surface area contributed by atoms with Crippen molar-refractivity contribution in [2.75, 3.05) is 25.1 Å². The van der Waals surface area contributed by atoms with Gasteiger partial charge in [0.05, 0.1) is 12.1 Å². The molecule has 1 unspecified atom stereocenters. The second kappa shape index (κ2) is 9.67. The molecule has 3 aromatic rings. The van der Waals surface area contributed by atoms with Crippen LogP contribution in [0.3, 0.4) is 0 Å². The van der Waals surface area contributed by atoms with Crippen molar-refractivity contribution in [1.82, 2.24) is 0 Å². The Kier molecular flexibility index (Phi) is 6.53. The molecule has 0 fully saturated rings. The Morgan fingerprint density at radius 3 is 2.35 bits per heavy atom. The third-order valence-electron chi connectivity index (χ3n) is 5.19. The predicted octanol–water partition coefficient (Wildman–Crippen LogP) is 5.07. The van der Waals surface area contributed by atoms with E-state index < -0.39 is 0 Å². The number of nitrogens with one attached hydrogen (secondary N) is 1. The maximum Gasteiger partial charge on any atom is 0.228 e. The number of amides is 1. The maximum atomic E-state index is 12.8. The van der Waals surface area contributed by atoms with Gasteiger partial charge in [0.2, 0.25) is 5.91 Å². The number of ether oxygens (including phenoxy) is 3. The fourth-order valence-electron chi connectivity index (χ4n) is 3.68. The molecule has 0 aromatic heterocycles. The molecule has 0 aliphatic carbocycles. The minimum absolute atomic E-state index is 0.0942. The Bertz CT molecular complexity index is 1030. The van der Waals surface area contributed by atoms with Gasteiger partial charge in [-0.2, -0.15) is 0 Å². The first kappa shape index (κ1) is 20.9. The zero-order chi connectivity index (χ0) is 21.6. The first-order valence-electron chi connectivity index (χ1n) is 10.6. The molecule has 0 saturated heterocycles. The van der Waals surface area contributed by atoms with E-state index in [-0.39, 0.29) is 12.0 Å². The van der Waals surface area contributed by atoms with Crippen molar-refractivity contribution in [2.45, 2.75) is 26.4 Å². The Morgan fingerprint density at radius 2 is 1.68 bits per heavy atom. The van der Waals surface area contributed by atoms with E-state index in [2.05, 4.69) is 36.5 Å². The smallest absolute Gasteiger partial charge is 0.228 e. The van der Waals surface area contributed by atoms with Gasteiger partial charge >= 0.3 is 0 Å². The van der Waals surface area contributed by atoms with Gasteiger partial charge in [-0.15, -0.1) is 0 Å². The first-order chi connectivity index (χ1) is 15.1. The predicted molar refractivity (Wildman–Crippen MR) is 121 cm³/mol. The number of benzene rings is 3. The topological polar surface area (TPSA) is 56.8 Å². The fourth-order valence-corrected chi connectivity index (χ4v) is 3.68. The second-order valence-corrected chi connectivity index (χ2v) is 7.54. The van der Waals surface area contributed by atoms with Gasteiger partial charge in [0.25, 0.3) is 0 Å². The minimum Gasteiger partial charge on any atom is -0.486 e. The first-order valence-corrected chi connectivity index (χ1v) is 10.6. The lowest BCUT2D eigenvalue weighted by Gasteiger charge is -2.25. The number of hydrogen-bond donors (Lipinski definition) is 1. The molecule has 1 atom stereocenters. The van der Waals surface area contributed by atoms with E-state index >= 15 is 0 Å². The highest BCUT2D eigenvalue weighted by Gasteiger charge is 2.24. The molecule has 31 heavy (non-hydrogen) atoms. The molecule has 0 saturated carbocycles. The van der Waals surface area contributed by atoms with Crippen molar-refractivity contribution in [3.63, 3.8) is 0 Å². The van der Waals surface area contributed by atoms with Gasteiger partial charge in [-0.05, 0) is 31.0 Å². The summed E-state index contributed by atoms with van der Waals surface area (Å²) < 4.78 is 17.7. The lowest BCUT2D eigenvalue weighted by atomic mass is 9.97. The third-order valence-corrected chi connectivity index (χ3v) is 5.19. The molecule has 1 aliphatic rings. The van der Waals surface area contributed by atoms with Crippen LogP contribution in [0.25, 0.3) is 0 Å². The van der Waals surface area contributed by atoms with Crippen molar-refractivity contribution < 1.29 is 19.0 Å². The van der Waals surface area contributed by atoms with Crippen LogP contribution < -0.4 is 14.8 Å². The molecular weight excluding hydrogens is 390 g/mol. The quantitative estimate of drug-likeness (QED) is 0.583. The van der Waals surface area contributed by atoms with E-state index in [1.807, 2.05) is 49.4 Å². The molecule has 1 N–H and O–H groups in total. The van der Waals surface area contributed by atoms with E-state index in [0.29, 0.717) is 43.4 Å². The second-order valence-electron chi connectivity index (χ2n) is 7.54. The molecule has 0 radical (unpaired) electrons. The molecule has 0 spiro atoms. The van der Waals surface area contributed by atoms with E-state index in [9.17, 15) is 4.79 Å². The molecule has 0 bridgehead atoms. The zero-order valence-electron chi connectivity index (χ0n) is 17.9. The van der Waals surface area contributed by atoms with Crippen LogP contribution in [0.5, 0.6) is 11.5 Å². The summed E-state index contributed by atoms with van der Waals surface area (Å²) in [4.78, 5) is 12.8. The Hall–Kier alpha value is -3.31.